The number of hydrogen-bond acceptors (Lipinski definition) is 6. The lowest BCUT2D eigenvalue weighted by atomic mass is 9.97. The zero-order chi connectivity index (χ0) is 18.6. The Kier molecular flexibility index (Phi) is 5.69. The minimum atomic E-state index is 0.158. The minimum Gasteiger partial charge on any atom is -0.354 e. The molecule has 0 N–H and O–H groups in total. The number of likely N-dealkylation sites (tertiary alicyclic amines) is 1. The number of aryl methyl sites for hydroxylation is 1. The van der Waals surface area contributed by atoms with Gasteiger partial charge in [-0.2, -0.15) is 0 Å². The van der Waals surface area contributed by atoms with Crippen LogP contribution in [0.3, 0.4) is 0 Å². The van der Waals surface area contributed by atoms with Gasteiger partial charge in [0.2, 0.25) is 0 Å². The zero-order valence-electron chi connectivity index (χ0n) is 15.9. The van der Waals surface area contributed by atoms with Crippen LogP contribution in [0, 0.1) is 12.8 Å². The molecule has 1 atom stereocenters. The summed E-state index contributed by atoms with van der Waals surface area (Å²) in [5.74, 6) is 1.80. The molecule has 2 fully saturated rings. The zero-order valence-corrected chi connectivity index (χ0v) is 16.7. The van der Waals surface area contributed by atoms with Gasteiger partial charge < -0.3 is 9.80 Å². The van der Waals surface area contributed by atoms with Crippen LogP contribution in [-0.4, -0.2) is 71.5 Å². The molecular formula is C20H27N5OS. The van der Waals surface area contributed by atoms with Gasteiger partial charge in [0.25, 0.3) is 5.91 Å². The van der Waals surface area contributed by atoms with Crippen molar-refractivity contribution in [2.45, 2.75) is 19.8 Å². The number of pyridine rings is 1. The van der Waals surface area contributed by atoms with E-state index in [2.05, 4.69) is 25.8 Å². The highest BCUT2D eigenvalue weighted by Gasteiger charge is 2.28. The van der Waals surface area contributed by atoms with Crippen molar-refractivity contribution in [3.05, 3.63) is 40.5 Å². The van der Waals surface area contributed by atoms with Crippen LogP contribution in [0.25, 0.3) is 0 Å². The third kappa shape index (κ3) is 4.47. The molecular weight excluding hydrogens is 358 g/mol. The van der Waals surface area contributed by atoms with Crippen molar-refractivity contribution in [3.8, 4) is 0 Å². The van der Waals surface area contributed by atoms with E-state index in [0.29, 0.717) is 5.92 Å². The fourth-order valence-electron chi connectivity index (χ4n) is 4.08. The number of thiazole rings is 1. The number of piperazine rings is 1. The van der Waals surface area contributed by atoms with E-state index in [0.717, 1.165) is 67.9 Å². The van der Waals surface area contributed by atoms with Gasteiger partial charge in [0, 0.05) is 52.0 Å². The Morgan fingerprint density at radius 3 is 2.74 bits per heavy atom. The lowest BCUT2D eigenvalue weighted by Crippen LogP contribution is -2.50. The monoisotopic (exact) mass is 385 g/mol. The molecule has 144 valence electrons. The van der Waals surface area contributed by atoms with E-state index in [9.17, 15) is 4.79 Å². The van der Waals surface area contributed by atoms with Crippen molar-refractivity contribution in [1.29, 1.82) is 0 Å². The van der Waals surface area contributed by atoms with Crippen LogP contribution in [0.15, 0.2) is 30.6 Å². The second kappa shape index (κ2) is 8.35. The summed E-state index contributed by atoms with van der Waals surface area (Å²) in [7, 11) is 0. The number of hydrogen-bond donors (Lipinski definition) is 0. The van der Waals surface area contributed by atoms with Gasteiger partial charge in [0.05, 0.1) is 11.2 Å². The largest absolute Gasteiger partial charge is 0.354 e. The molecule has 0 aromatic carbocycles. The van der Waals surface area contributed by atoms with Crippen molar-refractivity contribution >= 4 is 23.1 Å². The van der Waals surface area contributed by atoms with Crippen molar-refractivity contribution in [3.63, 3.8) is 0 Å². The van der Waals surface area contributed by atoms with Crippen LogP contribution >= 0.6 is 11.3 Å². The molecule has 7 heteroatoms. The molecule has 1 unspecified atom stereocenters. The van der Waals surface area contributed by atoms with Crippen molar-refractivity contribution in [2.75, 3.05) is 50.7 Å². The van der Waals surface area contributed by atoms with Crippen LogP contribution in [0.1, 0.15) is 27.5 Å². The van der Waals surface area contributed by atoms with Crippen molar-refractivity contribution < 1.29 is 4.79 Å². The van der Waals surface area contributed by atoms with Gasteiger partial charge in [-0.05, 0) is 37.8 Å². The molecule has 0 aliphatic carbocycles. The molecule has 0 radical (unpaired) electrons. The molecule has 2 aromatic heterocycles. The topological polar surface area (TPSA) is 52.6 Å². The maximum Gasteiger partial charge on any atom is 0.265 e. The number of amides is 1. The van der Waals surface area contributed by atoms with E-state index in [4.69, 9.17) is 0 Å². The highest BCUT2D eigenvalue weighted by Crippen LogP contribution is 2.22. The smallest absolute Gasteiger partial charge is 0.265 e. The second-order valence-corrected chi connectivity index (χ2v) is 8.71. The summed E-state index contributed by atoms with van der Waals surface area (Å²) in [6.45, 7) is 8.95. The Morgan fingerprint density at radius 2 is 2.04 bits per heavy atom. The van der Waals surface area contributed by atoms with Crippen LogP contribution in [0.4, 0.5) is 5.82 Å². The SMILES string of the molecule is Cc1ncc(C(=O)N2CCCC(CN3CCN(c4ccccn4)CC3)C2)s1. The lowest BCUT2D eigenvalue weighted by molar-refractivity contribution is 0.0642. The third-order valence-electron chi connectivity index (χ3n) is 5.50. The molecule has 4 heterocycles. The number of aromatic nitrogens is 2. The quantitative estimate of drug-likeness (QED) is 0.810. The normalized spacial score (nSPS) is 21.4. The van der Waals surface area contributed by atoms with Crippen LogP contribution in [0.2, 0.25) is 0 Å². The van der Waals surface area contributed by atoms with Crippen LogP contribution < -0.4 is 4.90 Å². The fourth-order valence-corrected chi connectivity index (χ4v) is 4.83. The van der Waals surface area contributed by atoms with E-state index in [1.54, 1.807) is 6.20 Å². The first kappa shape index (κ1) is 18.4. The van der Waals surface area contributed by atoms with Gasteiger partial charge in [-0.3, -0.25) is 9.69 Å². The number of anilines is 1. The summed E-state index contributed by atoms with van der Waals surface area (Å²) in [5.41, 5.74) is 0. The number of carbonyl (C=O) groups excluding carboxylic acids is 1. The van der Waals surface area contributed by atoms with E-state index in [1.165, 1.54) is 17.8 Å². The summed E-state index contributed by atoms with van der Waals surface area (Å²) in [5, 5.41) is 0.956. The first-order valence-corrected chi connectivity index (χ1v) is 10.6. The molecule has 2 aromatic rings. The summed E-state index contributed by atoms with van der Waals surface area (Å²) in [4.78, 5) is 29.1. The number of piperidine rings is 1. The molecule has 0 bridgehead atoms. The highest BCUT2D eigenvalue weighted by molar-refractivity contribution is 7.13. The van der Waals surface area contributed by atoms with E-state index in [1.807, 2.05) is 30.2 Å². The maximum absolute atomic E-state index is 12.7. The third-order valence-corrected chi connectivity index (χ3v) is 6.40. The van der Waals surface area contributed by atoms with Gasteiger partial charge in [-0.1, -0.05) is 6.07 Å². The predicted molar refractivity (Wildman–Crippen MR) is 108 cm³/mol. The van der Waals surface area contributed by atoms with Crippen LogP contribution in [-0.2, 0) is 0 Å². The Balaban J connectivity index is 1.28. The molecule has 0 spiro atoms. The van der Waals surface area contributed by atoms with Gasteiger partial charge >= 0.3 is 0 Å². The Hall–Kier alpha value is -1.99. The first-order valence-electron chi connectivity index (χ1n) is 9.79. The number of nitrogens with zero attached hydrogens (tertiary/aromatic N) is 5. The molecule has 2 saturated heterocycles. The van der Waals surface area contributed by atoms with Crippen molar-refractivity contribution in [1.82, 2.24) is 19.8 Å². The Labute approximate surface area is 164 Å². The summed E-state index contributed by atoms with van der Waals surface area (Å²) >= 11 is 1.50. The molecule has 2 aliphatic heterocycles. The minimum absolute atomic E-state index is 0.158. The Morgan fingerprint density at radius 1 is 1.19 bits per heavy atom. The second-order valence-electron chi connectivity index (χ2n) is 7.48. The van der Waals surface area contributed by atoms with E-state index >= 15 is 0 Å². The molecule has 0 saturated carbocycles. The molecule has 2 aliphatic rings. The summed E-state index contributed by atoms with van der Waals surface area (Å²) < 4.78 is 0. The first-order chi connectivity index (χ1) is 13.2. The maximum atomic E-state index is 12.7. The van der Waals surface area contributed by atoms with Crippen molar-refractivity contribution in [2.24, 2.45) is 5.92 Å². The van der Waals surface area contributed by atoms with Gasteiger partial charge in [-0.25, -0.2) is 9.97 Å². The Bertz CT molecular complexity index is 757. The molecule has 27 heavy (non-hydrogen) atoms. The fraction of sp³-hybridized carbons (Fsp3) is 0.550. The predicted octanol–water partition coefficient (Wildman–Crippen LogP) is 2.52. The van der Waals surface area contributed by atoms with E-state index in [-0.39, 0.29) is 5.91 Å². The highest BCUT2D eigenvalue weighted by atomic mass is 32.1. The molecule has 4 rings (SSSR count). The van der Waals surface area contributed by atoms with Gasteiger partial charge in [0.1, 0.15) is 10.7 Å². The number of carbonyl (C=O) groups is 1. The standard InChI is InChI=1S/C20H27N5OS/c1-16-22-13-18(27-16)20(26)25-8-4-5-17(15-25)14-23-9-11-24(12-10-23)19-6-2-3-7-21-19/h2-3,6-7,13,17H,4-5,8-12,14-15H2,1H3. The molecule has 1 amide bonds. The van der Waals surface area contributed by atoms with Crippen LogP contribution in [0.5, 0.6) is 0 Å². The molecule has 6 nitrogen and oxygen atoms in total. The average Bonchev–Trinajstić information content (AvgIpc) is 3.15. The average molecular weight is 386 g/mol. The lowest BCUT2D eigenvalue weighted by Gasteiger charge is -2.39. The van der Waals surface area contributed by atoms with Gasteiger partial charge in [0.15, 0.2) is 0 Å². The summed E-state index contributed by atoms with van der Waals surface area (Å²) in [6.07, 6.45) is 5.90. The number of rotatable bonds is 4. The summed E-state index contributed by atoms with van der Waals surface area (Å²) in [6, 6.07) is 6.10. The van der Waals surface area contributed by atoms with Gasteiger partial charge in [-0.15, -0.1) is 11.3 Å². The van der Waals surface area contributed by atoms with E-state index < -0.39 is 0 Å².